The van der Waals surface area contributed by atoms with Crippen LogP contribution in [0.2, 0.25) is 0 Å². The van der Waals surface area contributed by atoms with E-state index in [2.05, 4.69) is 53.0 Å². The number of ketones is 1. The van der Waals surface area contributed by atoms with Crippen LogP contribution in [-0.4, -0.2) is 11.9 Å². The van der Waals surface area contributed by atoms with E-state index in [9.17, 15) is 4.79 Å². The fraction of sp³-hybridized carbons (Fsp3) is 0.500. The summed E-state index contributed by atoms with van der Waals surface area (Å²) in [5, 5.41) is 0. The Labute approximate surface area is 171 Å². The molecule has 2 rings (SSSR count). The molecule has 28 heavy (non-hydrogen) atoms. The number of carbonyl (C=O) groups excluding carboxylic acids is 1. The fourth-order valence-corrected chi connectivity index (χ4v) is 4.67. The summed E-state index contributed by atoms with van der Waals surface area (Å²) in [6.45, 7) is 17.1. The summed E-state index contributed by atoms with van der Waals surface area (Å²) in [6, 6.07) is 10.2. The van der Waals surface area contributed by atoms with E-state index in [1.54, 1.807) is 0 Å². The largest absolute Gasteiger partial charge is 0.373 e. The third-order valence-corrected chi connectivity index (χ3v) is 6.24. The van der Waals surface area contributed by atoms with Gasteiger partial charge in [-0.05, 0) is 69.1 Å². The van der Waals surface area contributed by atoms with Gasteiger partial charge in [0.05, 0.1) is 18.6 Å². The summed E-state index contributed by atoms with van der Waals surface area (Å²) in [5.74, 6) is -0.0136. The molecule has 1 saturated carbocycles. The predicted octanol–water partition coefficient (Wildman–Crippen LogP) is 6.83. The number of carbonyl (C=O) groups is 1. The standard InChI is InChI=1S/C26H36O2/c1-7-23(27)25-24(28-18-21-12-9-8-10-13-21)14-11-16-26(25,6)17-15-22(19(2)3)20(4)5/h7-10,12-13,24-25H,1-2,11,14-18H2,3-6H3/t24-,25-,26+/m1/s1. The van der Waals surface area contributed by atoms with Gasteiger partial charge in [0.2, 0.25) is 0 Å². The first-order valence-corrected chi connectivity index (χ1v) is 10.4. The molecule has 0 radical (unpaired) electrons. The topological polar surface area (TPSA) is 26.3 Å². The number of hydrogen-bond acceptors (Lipinski definition) is 2. The first-order chi connectivity index (χ1) is 13.3. The van der Waals surface area contributed by atoms with Gasteiger partial charge in [0.15, 0.2) is 5.78 Å². The van der Waals surface area contributed by atoms with Crippen molar-refractivity contribution in [3.63, 3.8) is 0 Å². The van der Waals surface area contributed by atoms with E-state index in [0.717, 1.165) is 43.2 Å². The molecule has 0 saturated heterocycles. The maximum Gasteiger partial charge on any atom is 0.161 e. The van der Waals surface area contributed by atoms with Crippen LogP contribution in [-0.2, 0) is 16.1 Å². The first kappa shape index (κ1) is 22.4. The number of ether oxygens (including phenoxy) is 1. The van der Waals surface area contributed by atoms with E-state index in [4.69, 9.17) is 4.74 Å². The van der Waals surface area contributed by atoms with Gasteiger partial charge in [-0.25, -0.2) is 0 Å². The van der Waals surface area contributed by atoms with Gasteiger partial charge in [-0.2, -0.15) is 0 Å². The van der Waals surface area contributed by atoms with Crippen LogP contribution < -0.4 is 0 Å². The normalized spacial score (nSPS) is 24.4. The maximum absolute atomic E-state index is 12.9. The number of allylic oxidation sites excluding steroid dienone is 4. The Bertz CT molecular complexity index is 724. The zero-order valence-corrected chi connectivity index (χ0v) is 18.1. The summed E-state index contributed by atoms with van der Waals surface area (Å²) in [5.41, 5.74) is 4.84. The highest BCUT2D eigenvalue weighted by molar-refractivity contribution is 5.92. The lowest BCUT2D eigenvalue weighted by atomic mass is 9.62. The summed E-state index contributed by atoms with van der Waals surface area (Å²) in [4.78, 5) is 12.9. The highest BCUT2D eigenvalue weighted by Crippen LogP contribution is 2.47. The molecule has 1 aliphatic carbocycles. The molecular formula is C26H36O2. The summed E-state index contributed by atoms with van der Waals surface area (Å²) in [6.07, 6.45) is 6.44. The molecule has 0 N–H and O–H groups in total. The van der Waals surface area contributed by atoms with Crippen molar-refractivity contribution in [1.29, 1.82) is 0 Å². The van der Waals surface area contributed by atoms with Crippen molar-refractivity contribution in [3.05, 3.63) is 71.8 Å². The second-order valence-corrected chi connectivity index (χ2v) is 8.72. The lowest BCUT2D eigenvalue weighted by Crippen LogP contribution is -2.45. The van der Waals surface area contributed by atoms with Crippen LogP contribution in [0.25, 0.3) is 0 Å². The Morgan fingerprint density at radius 3 is 2.50 bits per heavy atom. The van der Waals surface area contributed by atoms with Crippen LogP contribution in [0.5, 0.6) is 0 Å². The van der Waals surface area contributed by atoms with Crippen molar-refractivity contribution in [2.75, 3.05) is 0 Å². The van der Waals surface area contributed by atoms with E-state index in [1.807, 2.05) is 18.2 Å². The minimum atomic E-state index is -0.133. The van der Waals surface area contributed by atoms with Crippen LogP contribution in [0.3, 0.4) is 0 Å². The van der Waals surface area contributed by atoms with Crippen molar-refractivity contribution >= 4 is 5.78 Å². The second-order valence-electron chi connectivity index (χ2n) is 8.72. The Balaban J connectivity index is 2.19. The molecule has 0 bridgehead atoms. The highest BCUT2D eigenvalue weighted by Gasteiger charge is 2.45. The first-order valence-electron chi connectivity index (χ1n) is 10.4. The molecular weight excluding hydrogens is 344 g/mol. The van der Waals surface area contributed by atoms with Gasteiger partial charge in [-0.3, -0.25) is 4.79 Å². The molecule has 0 aliphatic heterocycles. The SMILES string of the molecule is C=CC(=O)[C@@H]1[C@H](OCc2ccccc2)CCC[C@@]1(C)CCC(C(=C)C)=C(C)C. The van der Waals surface area contributed by atoms with Gasteiger partial charge in [0.25, 0.3) is 0 Å². The monoisotopic (exact) mass is 380 g/mol. The molecule has 0 spiro atoms. The minimum absolute atomic E-state index is 0.0514. The van der Waals surface area contributed by atoms with Gasteiger partial charge in [0, 0.05) is 0 Å². The molecule has 0 heterocycles. The Hall–Kier alpha value is -1.93. The molecule has 0 aromatic heterocycles. The molecule has 1 aromatic carbocycles. The summed E-state index contributed by atoms with van der Waals surface area (Å²) < 4.78 is 6.30. The molecule has 2 nitrogen and oxygen atoms in total. The summed E-state index contributed by atoms with van der Waals surface area (Å²) in [7, 11) is 0. The Morgan fingerprint density at radius 2 is 1.93 bits per heavy atom. The van der Waals surface area contributed by atoms with Crippen molar-refractivity contribution in [2.24, 2.45) is 11.3 Å². The molecule has 0 unspecified atom stereocenters. The van der Waals surface area contributed by atoms with Crippen molar-refractivity contribution < 1.29 is 9.53 Å². The number of benzene rings is 1. The van der Waals surface area contributed by atoms with Crippen molar-refractivity contribution in [3.8, 4) is 0 Å². The quantitative estimate of drug-likeness (QED) is 0.347. The summed E-state index contributed by atoms with van der Waals surface area (Å²) >= 11 is 0. The third kappa shape index (κ3) is 5.54. The highest BCUT2D eigenvalue weighted by atomic mass is 16.5. The van der Waals surface area contributed by atoms with E-state index in [0.29, 0.717) is 6.61 Å². The van der Waals surface area contributed by atoms with Gasteiger partial charge >= 0.3 is 0 Å². The van der Waals surface area contributed by atoms with Gasteiger partial charge < -0.3 is 4.74 Å². The Morgan fingerprint density at radius 1 is 1.25 bits per heavy atom. The number of rotatable bonds is 9. The van der Waals surface area contributed by atoms with Crippen molar-refractivity contribution in [1.82, 2.24) is 0 Å². The maximum atomic E-state index is 12.9. The third-order valence-electron chi connectivity index (χ3n) is 6.24. The average Bonchev–Trinajstić information content (AvgIpc) is 2.66. The molecule has 2 heteroatoms. The molecule has 3 atom stereocenters. The molecule has 0 amide bonds. The predicted molar refractivity (Wildman–Crippen MR) is 118 cm³/mol. The fourth-order valence-electron chi connectivity index (χ4n) is 4.67. The molecule has 1 fully saturated rings. The lowest BCUT2D eigenvalue weighted by Gasteiger charge is -2.45. The molecule has 1 aromatic rings. The van der Waals surface area contributed by atoms with Crippen LogP contribution in [0, 0.1) is 11.3 Å². The van der Waals surface area contributed by atoms with E-state index in [1.165, 1.54) is 17.2 Å². The number of hydrogen-bond donors (Lipinski definition) is 0. The van der Waals surface area contributed by atoms with Crippen molar-refractivity contribution in [2.45, 2.75) is 72.5 Å². The van der Waals surface area contributed by atoms with E-state index >= 15 is 0 Å². The average molecular weight is 381 g/mol. The Kier molecular flexibility index (Phi) is 8.00. The van der Waals surface area contributed by atoms with Gasteiger partial charge in [0.1, 0.15) is 0 Å². The van der Waals surface area contributed by atoms with Gasteiger partial charge in [-0.15, -0.1) is 0 Å². The molecule has 152 valence electrons. The van der Waals surface area contributed by atoms with Crippen LogP contribution in [0.15, 0.2) is 66.3 Å². The van der Waals surface area contributed by atoms with Crippen LogP contribution in [0.4, 0.5) is 0 Å². The van der Waals surface area contributed by atoms with Crippen LogP contribution in [0.1, 0.15) is 65.4 Å². The minimum Gasteiger partial charge on any atom is -0.373 e. The second kappa shape index (κ2) is 10.0. The van der Waals surface area contributed by atoms with Crippen LogP contribution >= 0.6 is 0 Å². The zero-order chi connectivity index (χ0) is 20.7. The molecule has 1 aliphatic rings. The van der Waals surface area contributed by atoms with E-state index < -0.39 is 0 Å². The van der Waals surface area contributed by atoms with Gasteiger partial charge in [-0.1, -0.05) is 68.0 Å². The van der Waals surface area contributed by atoms with E-state index in [-0.39, 0.29) is 23.2 Å². The smallest absolute Gasteiger partial charge is 0.161 e. The zero-order valence-electron chi connectivity index (χ0n) is 18.1. The lowest BCUT2D eigenvalue weighted by molar-refractivity contribution is -0.137.